The lowest BCUT2D eigenvalue weighted by atomic mass is 9.85. The lowest BCUT2D eigenvalue weighted by Gasteiger charge is -2.27. The van der Waals surface area contributed by atoms with Crippen LogP contribution in [-0.4, -0.2) is 50.8 Å². The minimum absolute atomic E-state index is 0.199. The first-order valence-electron chi connectivity index (χ1n) is 8.75. The average molecular weight is 335 g/mol. The molecular formula is C19H30FN3O. The van der Waals surface area contributed by atoms with Crippen molar-refractivity contribution < 1.29 is 9.13 Å². The number of hydrogen-bond donors (Lipinski definition) is 1. The molecule has 1 heterocycles. The van der Waals surface area contributed by atoms with Crippen molar-refractivity contribution in [2.24, 2.45) is 10.9 Å². The van der Waals surface area contributed by atoms with Crippen molar-refractivity contribution in [3.63, 3.8) is 0 Å². The fourth-order valence-electron chi connectivity index (χ4n) is 2.94. The Morgan fingerprint density at radius 2 is 2.25 bits per heavy atom. The van der Waals surface area contributed by atoms with Gasteiger partial charge in [-0.3, -0.25) is 4.99 Å². The molecule has 2 rings (SSSR count). The minimum atomic E-state index is -0.222. The van der Waals surface area contributed by atoms with E-state index in [9.17, 15) is 4.39 Å². The summed E-state index contributed by atoms with van der Waals surface area (Å²) in [5, 5.41) is 3.35. The summed E-state index contributed by atoms with van der Waals surface area (Å²) in [6.45, 7) is 10.3. The highest BCUT2D eigenvalue weighted by molar-refractivity contribution is 5.79. The fourth-order valence-corrected chi connectivity index (χ4v) is 2.94. The van der Waals surface area contributed by atoms with Gasteiger partial charge in [-0.2, -0.15) is 0 Å². The summed E-state index contributed by atoms with van der Waals surface area (Å²) in [6, 6.07) is 6.80. The molecule has 1 aromatic rings. The zero-order chi connectivity index (χ0) is 17.6. The minimum Gasteiger partial charge on any atom is -0.381 e. The third kappa shape index (κ3) is 5.20. The van der Waals surface area contributed by atoms with E-state index >= 15 is 0 Å². The lowest BCUT2D eigenvalue weighted by Crippen LogP contribution is -2.42. The summed E-state index contributed by atoms with van der Waals surface area (Å²) in [6.07, 6.45) is 1.11. The number of nitrogens with zero attached hydrogens (tertiary/aromatic N) is 2. The van der Waals surface area contributed by atoms with Crippen LogP contribution in [0.2, 0.25) is 0 Å². The highest BCUT2D eigenvalue weighted by atomic mass is 19.1. The first-order valence-corrected chi connectivity index (χ1v) is 8.75. The molecule has 1 aliphatic heterocycles. The second kappa shape index (κ2) is 8.47. The summed E-state index contributed by atoms with van der Waals surface area (Å²) < 4.78 is 19.0. The van der Waals surface area contributed by atoms with Crippen LogP contribution in [0.15, 0.2) is 29.3 Å². The number of ether oxygens (including phenoxy) is 1. The Bertz CT molecular complexity index is 553. The van der Waals surface area contributed by atoms with Crippen molar-refractivity contribution in [1.82, 2.24) is 10.2 Å². The van der Waals surface area contributed by atoms with E-state index in [2.05, 4.69) is 38.0 Å². The molecule has 134 valence electrons. The van der Waals surface area contributed by atoms with Gasteiger partial charge in [0.05, 0.1) is 13.2 Å². The van der Waals surface area contributed by atoms with Crippen molar-refractivity contribution in [3.8, 4) is 0 Å². The Morgan fingerprint density at radius 1 is 1.46 bits per heavy atom. The standard InChI is InChI=1S/C19H30FN3O/c1-5-21-18(23(4)12-15-9-10-24-13-15)22-14-19(2,3)16-7-6-8-17(20)11-16/h6-8,11,15H,5,9-10,12-14H2,1-4H3,(H,21,22). The number of hydrogen-bond acceptors (Lipinski definition) is 2. The summed E-state index contributed by atoms with van der Waals surface area (Å²) in [5.74, 6) is 1.26. The lowest BCUT2D eigenvalue weighted by molar-refractivity contribution is 0.181. The van der Waals surface area contributed by atoms with E-state index in [4.69, 9.17) is 9.73 Å². The van der Waals surface area contributed by atoms with Crippen molar-refractivity contribution in [2.75, 3.05) is 39.9 Å². The van der Waals surface area contributed by atoms with Crippen LogP contribution in [0, 0.1) is 11.7 Å². The topological polar surface area (TPSA) is 36.9 Å². The van der Waals surface area contributed by atoms with Crippen LogP contribution in [0.4, 0.5) is 4.39 Å². The molecule has 5 heteroatoms. The van der Waals surface area contributed by atoms with Gasteiger partial charge in [0.1, 0.15) is 5.82 Å². The van der Waals surface area contributed by atoms with E-state index in [1.807, 2.05) is 6.07 Å². The molecule has 1 N–H and O–H groups in total. The Balaban J connectivity index is 2.05. The number of benzene rings is 1. The van der Waals surface area contributed by atoms with E-state index in [-0.39, 0.29) is 11.2 Å². The van der Waals surface area contributed by atoms with Gasteiger partial charge in [0, 0.05) is 38.1 Å². The van der Waals surface area contributed by atoms with Crippen LogP contribution >= 0.6 is 0 Å². The van der Waals surface area contributed by atoms with Crippen LogP contribution in [0.3, 0.4) is 0 Å². The van der Waals surface area contributed by atoms with Gasteiger partial charge in [-0.1, -0.05) is 26.0 Å². The molecule has 1 aliphatic rings. The van der Waals surface area contributed by atoms with Crippen LogP contribution in [-0.2, 0) is 10.2 Å². The SMILES string of the molecule is CCNC(=NCC(C)(C)c1cccc(F)c1)N(C)CC1CCOC1. The van der Waals surface area contributed by atoms with Gasteiger partial charge in [0.25, 0.3) is 0 Å². The largest absolute Gasteiger partial charge is 0.381 e. The van der Waals surface area contributed by atoms with E-state index in [0.29, 0.717) is 12.5 Å². The molecule has 4 nitrogen and oxygen atoms in total. The van der Waals surface area contributed by atoms with Gasteiger partial charge in [0.2, 0.25) is 0 Å². The molecule has 1 fully saturated rings. The van der Waals surface area contributed by atoms with Gasteiger partial charge in [-0.05, 0) is 31.0 Å². The molecule has 0 amide bonds. The highest BCUT2D eigenvalue weighted by Gasteiger charge is 2.23. The number of nitrogens with one attached hydrogen (secondary N) is 1. The molecule has 0 radical (unpaired) electrons. The van der Waals surface area contributed by atoms with Crippen molar-refractivity contribution >= 4 is 5.96 Å². The maximum atomic E-state index is 13.5. The van der Waals surface area contributed by atoms with Crippen LogP contribution in [0.5, 0.6) is 0 Å². The predicted molar refractivity (Wildman–Crippen MR) is 97.0 cm³/mol. The molecule has 0 saturated carbocycles. The number of guanidine groups is 1. The Labute approximate surface area is 145 Å². The smallest absolute Gasteiger partial charge is 0.193 e. The molecular weight excluding hydrogens is 305 g/mol. The zero-order valence-electron chi connectivity index (χ0n) is 15.3. The average Bonchev–Trinajstić information content (AvgIpc) is 3.04. The van der Waals surface area contributed by atoms with E-state index in [1.165, 1.54) is 6.07 Å². The van der Waals surface area contributed by atoms with Gasteiger partial charge in [0.15, 0.2) is 5.96 Å². The third-order valence-electron chi connectivity index (χ3n) is 4.48. The molecule has 0 aliphatic carbocycles. The Hall–Kier alpha value is -1.62. The predicted octanol–water partition coefficient (Wildman–Crippen LogP) is 3.04. The van der Waals surface area contributed by atoms with Crippen LogP contribution in [0.25, 0.3) is 0 Å². The number of halogens is 1. The maximum Gasteiger partial charge on any atom is 0.193 e. The summed E-state index contributed by atoms with van der Waals surface area (Å²) in [7, 11) is 2.06. The van der Waals surface area contributed by atoms with E-state index in [0.717, 1.165) is 44.2 Å². The van der Waals surface area contributed by atoms with Crippen LogP contribution in [0.1, 0.15) is 32.8 Å². The van der Waals surface area contributed by atoms with Gasteiger partial charge < -0.3 is 15.0 Å². The van der Waals surface area contributed by atoms with Crippen molar-refractivity contribution in [2.45, 2.75) is 32.6 Å². The molecule has 1 atom stereocenters. The normalized spacial score (nSPS) is 18.7. The molecule has 0 bridgehead atoms. The Morgan fingerprint density at radius 3 is 2.88 bits per heavy atom. The van der Waals surface area contributed by atoms with E-state index in [1.54, 1.807) is 12.1 Å². The first-order chi connectivity index (χ1) is 11.4. The second-order valence-corrected chi connectivity index (χ2v) is 7.17. The van der Waals surface area contributed by atoms with E-state index < -0.39 is 0 Å². The molecule has 1 saturated heterocycles. The molecule has 24 heavy (non-hydrogen) atoms. The summed E-state index contributed by atoms with van der Waals surface area (Å²) in [5.41, 5.74) is 0.744. The first kappa shape index (κ1) is 18.7. The zero-order valence-corrected chi connectivity index (χ0v) is 15.3. The highest BCUT2D eigenvalue weighted by Crippen LogP contribution is 2.24. The van der Waals surface area contributed by atoms with Crippen molar-refractivity contribution in [3.05, 3.63) is 35.6 Å². The molecule has 1 aromatic carbocycles. The quantitative estimate of drug-likeness (QED) is 0.641. The van der Waals surface area contributed by atoms with Gasteiger partial charge >= 0.3 is 0 Å². The third-order valence-corrected chi connectivity index (χ3v) is 4.48. The summed E-state index contributed by atoms with van der Waals surface area (Å²) in [4.78, 5) is 6.97. The maximum absolute atomic E-state index is 13.5. The van der Waals surface area contributed by atoms with Crippen molar-refractivity contribution in [1.29, 1.82) is 0 Å². The second-order valence-electron chi connectivity index (χ2n) is 7.17. The number of aliphatic imine (C=N–C) groups is 1. The van der Waals surface area contributed by atoms with Gasteiger partial charge in [-0.15, -0.1) is 0 Å². The molecule has 1 unspecified atom stereocenters. The van der Waals surface area contributed by atoms with Crippen LogP contribution < -0.4 is 5.32 Å². The molecule has 0 aromatic heterocycles. The monoisotopic (exact) mass is 335 g/mol. The fraction of sp³-hybridized carbons (Fsp3) is 0.632. The Kier molecular flexibility index (Phi) is 6.60. The summed E-state index contributed by atoms with van der Waals surface area (Å²) >= 11 is 0. The molecule has 0 spiro atoms. The number of rotatable bonds is 6. The van der Waals surface area contributed by atoms with Gasteiger partial charge in [-0.25, -0.2) is 4.39 Å².